The molecule has 3 rings (SSSR count). The van der Waals surface area contributed by atoms with Gasteiger partial charge in [-0.25, -0.2) is 8.42 Å². The van der Waals surface area contributed by atoms with Crippen LogP contribution in [0.1, 0.15) is 36.9 Å². The maximum atomic E-state index is 12.9. The lowest BCUT2D eigenvalue weighted by molar-refractivity contribution is -0.122. The van der Waals surface area contributed by atoms with Gasteiger partial charge in [-0.2, -0.15) is 0 Å². The summed E-state index contributed by atoms with van der Waals surface area (Å²) in [5, 5.41) is 3.54. The fraction of sp³-hybridized carbons (Fsp3) is 0.350. The van der Waals surface area contributed by atoms with Gasteiger partial charge in [0.2, 0.25) is 15.9 Å². The molecule has 0 saturated heterocycles. The van der Waals surface area contributed by atoms with Gasteiger partial charge >= 0.3 is 0 Å². The van der Waals surface area contributed by atoms with Crippen LogP contribution in [0, 0.1) is 0 Å². The Morgan fingerprint density at radius 2 is 1.85 bits per heavy atom. The van der Waals surface area contributed by atoms with Crippen molar-refractivity contribution in [3.63, 3.8) is 0 Å². The fourth-order valence-corrected chi connectivity index (χ4v) is 4.89. The molecule has 0 aliphatic heterocycles. The van der Waals surface area contributed by atoms with Crippen molar-refractivity contribution in [3.05, 3.63) is 64.7 Å². The highest BCUT2D eigenvalue weighted by Crippen LogP contribution is 2.30. The monoisotopic (exact) mass is 406 g/mol. The zero-order valence-corrected chi connectivity index (χ0v) is 16.9. The summed E-state index contributed by atoms with van der Waals surface area (Å²) in [5.41, 5.74) is 2.76. The normalized spacial score (nSPS) is 17.7. The smallest absolute Gasteiger partial charge is 0.244 e. The summed E-state index contributed by atoms with van der Waals surface area (Å²) in [4.78, 5) is 12.9. The maximum absolute atomic E-state index is 12.9. The summed E-state index contributed by atoms with van der Waals surface area (Å²) >= 11 is 5.90. The zero-order valence-electron chi connectivity index (χ0n) is 15.4. The van der Waals surface area contributed by atoms with E-state index < -0.39 is 16.1 Å². The minimum Gasteiger partial charge on any atom is -0.347 e. The van der Waals surface area contributed by atoms with Crippen LogP contribution in [-0.2, 0) is 21.2 Å². The number of hydrogen-bond acceptors (Lipinski definition) is 3. The highest BCUT2D eigenvalue weighted by molar-refractivity contribution is 7.92. The van der Waals surface area contributed by atoms with E-state index >= 15 is 0 Å². The van der Waals surface area contributed by atoms with Crippen LogP contribution < -0.4 is 9.62 Å². The molecule has 5 nitrogen and oxygen atoms in total. The van der Waals surface area contributed by atoms with Gasteiger partial charge in [-0.15, -0.1) is 0 Å². The van der Waals surface area contributed by atoms with Gasteiger partial charge in [-0.3, -0.25) is 9.10 Å². The molecule has 1 aliphatic carbocycles. The Labute approximate surface area is 165 Å². The Morgan fingerprint density at radius 1 is 1.19 bits per heavy atom. The first kappa shape index (κ1) is 19.7. The summed E-state index contributed by atoms with van der Waals surface area (Å²) in [6.07, 6.45) is 3.93. The van der Waals surface area contributed by atoms with E-state index in [1.165, 1.54) is 5.56 Å². The van der Waals surface area contributed by atoms with Crippen LogP contribution in [-0.4, -0.2) is 26.6 Å². The van der Waals surface area contributed by atoms with E-state index in [9.17, 15) is 13.2 Å². The Hall–Kier alpha value is -2.05. The number of carbonyl (C=O) groups excluding carboxylic acids is 1. The highest BCUT2D eigenvalue weighted by Gasteiger charge is 2.31. The van der Waals surface area contributed by atoms with Crippen LogP contribution in [0.5, 0.6) is 0 Å². The predicted octanol–water partition coefficient (Wildman–Crippen LogP) is 3.69. The quantitative estimate of drug-likeness (QED) is 0.823. The average Bonchev–Trinajstić information content (AvgIpc) is 2.62. The molecule has 0 radical (unpaired) electrons. The number of halogens is 1. The second-order valence-electron chi connectivity index (χ2n) is 6.86. The van der Waals surface area contributed by atoms with E-state index in [1.807, 2.05) is 18.2 Å². The van der Waals surface area contributed by atoms with E-state index in [0.29, 0.717) is 10.7 Å². The van der Waals surface area contributed by atoms with Crippen molar-refractivity contribution in [2.24, 2.45) is 0 Å². The molecule has 1 amide bonds. The highest BCUT2D eigenvalue weighted by atomic mass is 35.5. The first-order valence-electron chi connectivity index (χ1n) is 8.90. The summed E-state index contributed by atoms with van der Waals surface area (Å²) in [5.74, 6) is -0.322. The molecule has 0 spiro atoms. The number of nitrogens with zero attached hydrogens (tertiary/aromatic N) is 1. The molecule has 0 saturated carbocycles. The second kappa shape index (κ2) is 7.90. The second-order valence-corrected chi connectivity index (χ2v) is 9.16. The van der Waals surface area contributed by atoms with Crippen LogP contribution in [0.4, 0.5) is 5.69 Å². The first-order chi connectivity index (χ1) is 12.8. The zero-order chi connectivity index (χ0) is 19.6. The number of rotatable bonds is 5. The minimum atomic E-state index is -3.65. The lowest BCUT2D eigenvalue weighted by Gasteiger charge is -2.31. The van der Waals surface area contributed by atoms with E-state index in [0.717, 1.165) is 35.4 Å². The van der Waals surface area contributed by atoms with Gasteiger partial charge in [0.1, 0.15) is 6.04 Å². The van der Waals surface area contributed by atoms with Gasteiger partial charge in [0.25, 0.3) is 0 Å². The Kier molecular flexibility index (Phi) is 5.77. The third-order valence-corrected chi connectivity index (χ3v) is 6.35. The molecule has 2 aromatic rings. The number of fused-ring (bicyclic) bond motifs is 1. The molecule has 0 heterocycles. The molecule has 2 aromatic carbocycles. The van der Waals surface area contributed by atoms with Gasteiger partial charge in [-0.05, 0) is 61.6 Å². The minimum absolute atomic E-state index is 0.100. The Bertz CT molecular complexity index is 928. The standard InChI is InChI=1S/C20H23ClN2O3S/c1-14(23(27(2,25)26)17-12-10-16(21)11-13-17)20(24)22-19-9-5-7-15-6-3-4-8-18(15)19/h3-4,6,8,10-14,19H,5,7,9H2,1-2H3,(H,22,24)/t14-,19-/m0/s1. The lowest BCUT2D eigenvalue weighted by Crippen LogP contribution is -2.49. The number of sulfonamides is 1. The molecular weight excluding hydrogens is 384 g/mol. The lowest BCUT2D eigenvalue weighted by atomic mass is 9.87. The van der Waals surface area contributed by atoms with Crippen molar-refractivity contribution >= 4 is 33.2 Å². The largest absolute Gasteiger partial charge is 0.347 e. The molecule has 27 heavy (non-hydrogen) atoms. The van der Waals surface area contributed by atoms with Crippen molar-refractivity contribution in [1.29, 1.82) is 0 Å². The van der Waals surface area contributed by atoms with Crippen LogP contribution in [0.15, 0.2) is 48.5 Å². The number of carbonyl (C=O) groups is 1. The Balaban J connectivity index is 1.84. The summed E-state index contributed by atoms with van der Waals surface area (Å²) in [7, 11) is -3.65. The topological polar surface area (TPSA) is 66.5 Å². The van der Waals surface area contributed by atoms with Gasteiger partial charge in [0.15, 0.2) is 0 Å². The molecule has 144 valence electrons. The number of hydrogen-bond donors (Lipinski definition) is 1. The van der Waals surface area contributed by atoms with Crippen molar-refractivity contribution < 1.29 is 13.2 Å². The molecule has 2 atom stereocenters. The van der Waals surface area contributed by atoms with Gasteiger partial charge < -0.3 is 5.32 Å². The van der Waals surface area contributed by atoms with E-state index in [4.69, 9.17) is 11.6 Å². The van der Waals surface area contributed by atoms with Crippen molar-refractivity contribution in [3.8, 4) is 0 Å². The van der Waals surface area contributed by atoms with E-state index in [-0.39, 0.29) is 11.9 Å². The van der Waals surface area contributed by atoms with Crippen LogP contribution in [0.2, 0.25) is 5.02 Å². The molecule has 0 bridgehead atoms. The summed E-state index contributed by atoms with van der Waals surface area (Å²) in [6, 6.07) is 13.5. The van der Waals surface area contributed by atoms with Crippen LogP contribution in [0.3, 0.4) is 0 Å². The van der Waals surface area contributed by atoms with Crippen molar-refractivity contribution in [2.45, 2.75) is 38.3 Å². The molecular formula is C20H23ClN2O3S. The molecule has 1 N–H and O–H groups in total. The van der Waals surface area contributed by atoms with Crippen molar-refractivity contribution in [1.82, 2.24) is 5.32 Å². The first-order valence-corrected chi connectivity index (χ1v) is 11.1. The van der Waals surface area contributed by atoms with Gasteiger partial charge in [0.05, 0.1) is 18.0 Å². The number of nitrogens with one attached hydrogen (secondary N) is 1. The van der Waals surface area contributed by atoms with Gasteiger partial charge in [0, 0.05) is 5.02 Å². The average molecular weight is 407 g/mol. The van der Waals surface area contributed by atoms with Gasteiger partial charge in [-0.1, -0.05) is 35.9 Å². The van der Waals surface area contributed by atoms with E-state index in [2.05, 4.69) is 11.4 Å². The predicted molar refractivity (Wildman–Crippen MR) is 109 cm³/mol. The number of aryl methyl sites for hydroxylation is 1. The van der Waals surface area contributed by atoms with E-state index in [1.54, 1.807) is 31.2 Å². The summed E-state index contributed by atoms with van der Waals surface area (Å²) in [6.45, 7) is 1.60. The fourth-order valence-electron chi connectivity index (χ4n) is 3.59. The summed E-state index contributed by atoms with van der Waals surface area (Å²) < 4.78 is 25.9. The van der Waals surface area contributed by atoms with Crippen LogP contribution >= 0.6 is 11.6 Å². The maximum Gasteiger partial charge on any atom is 0.244 e. The SMILES string of the molecule is C[C@@H](C(=O)N[C@H]1CCCc2ccccc21)N(c1ccc(Cl)cc1)S(C)(=O)=O. The molecule has 0 aromatic heterocycles. The van der Waals surface area contributed by atoms with Crippen LogP contribution in [0.25, 0.3) is 0 Å². The Morgan fingerprint density at radius 3 is 2.52 bits per heavy atom. The molecule has 0 fully saturated rings. The molecule has 7 heteroatoms. The van der Waals surface area contributed by atoms with Crippen molar-refractivity contribution in [2.75, 3.05) is 10.6 Å². The third-order valence-electron chi connectivity index (χ3n) is 4.86. The number of anilines is 1. The molecule has 1 aliphatic rings. The number of amides is 1. The number of benzene rings is 2. The molecule has 0 unspecified atom stereocenters. The third kappa shape index (κ3) is 4.45.